The van der Waals surface area contributed by atoms with Crippen molar-refractivity contribution in [1.82, 2.24) is 9.78 Å². The Bertz CT molecular complexity index is 1310. The Kier molecular flexibility index (Phi) is 5.40. The molecule has 7 heteroatoms. The average molecular weight is 428 g/mol. The molecule has 3 aromatic carbocycles. The first-order valence-electron chi connectivity index (χ1n) is 10.2. The number of fused-ring (bicyclic) bond motifs is 1. The Labute approximate surface area is 185 Å². The third-order valence-corrected chi connectivity index (χ3v) is 5.09. The lowest BCUT2D eigenvalue weighted by Crippen LogP contribution is -2.21. The lowest BCUT2D eigenvalue weighted by atomic mass is 9.92. The Morgan fingerprint density at radius 2 is 1.62 bits per heavy atom. The molecule has 3 N–H and O–H groups in total. The van der Waals surface area contributed by atoms with Crippen molar-refractivity contribution in [3.8, 4) is 5.69 Å². The molecule has 0 spiro atoms. The molecule has 7 nitrogen and oxygen atoms in total. The molecular weight excluding hydrogens is 404 g/mol. The molecule has 162 valence electrons. The van der Waals surface area contributed by atoms with Gasteiger partial charge in [-0.15, -0.1) is 0 Å². The summed E-state index contributed by atoms with van der Waals surface area (Å²) in [6, 6.07) is 21.3. The maximum atomic E-state index is 12.9. The van der Waals surface area contributed by atoms with Gasteiger partial charge in [0.1, 0.15) is 5.82 Å². The number of carboxylic acid groups (broad SMARTS) is 1. The molecule has 0 radical (unpaired) electrons. The highest BCUT2D eigenvalue weighted by atomic mass is 16.4. The van der Waals surface area contributed by atoms with Crippen molar-refractivity contribution >= 4 is 34.3 Å². The van der Waals surface area contributed by atoms with Crippen LogP contribution in [0.25, 0.3) is 16.5 Å². The van der Waals surface area contributed by atoms with Crippen LogP contribution in [-0.4, -0.2) is 26.9 Å². The number of amides is 2. The zero-order valence-corrected chi connectivity index (χ0v) is 18.1. The van der Waals surface area contributed by atoms with Gasteiger partial charge in [-0.1, -0.05) is 63.2 Å². The van der Waals surface area contributed by atoms with Crippen LogP contribution in [0, 0.1) is 0 Å². The monoisotopic (exact) mass is 428 g/mol. The van der Waals surface area contributed by atoms with Crippen molar-refractivity contribution in [2.75, 3.05) is 10.6 Å². The first-order chi connectivity index (χ1) is 15.2. The van der Waals surface area contributed by atoms with E-state index in [2.05, 4.69) is 15.7 Å². The number of aromatic nitrogens is 2. The Balaban J connectivity index is 1.68. The molecule has 0 atom stereocenters. The lowest BCUT2D eigenvalue weighted by molar-refractivity contribution is 0.0697. The summed E-state index contributed by atoms with van der Waals surface area (Å²) >= 11 is 0. The second kappa shape index (κ2) is 8.19. The molecule has 0 fully saturated rings. The molecule has 32 heavy (non-hydrogen) atoms. The van der Waals surface area contributed by atoms with Crippen molar-refractivity contribution in [1.29, 1.82) is 0 Å². The molecule has 0 aliphatic carbocycles. The largest absolute Gasteiger partial charge is 0.478 e. The van der Waals surface area contributed by atoms with E-state index in [-0.39, 0.29) is 11.0 Å². The number of carboxylic acids is 1. The first kappa shape index (κ1) is 21.1. The Morgan fingerprint density at radius 1 is 0.906 bits per heavy atom. The van der Waals surface area contributed by atoms with Gasteiger partial charge in [-0.05, 0) is 29.7 Å². The van der Waals surface area contributed by atoms with Crippen LogP contribution >= 0.6 is 0 Å². The smallest absolute Gasteiger partial charge is 0.335 e. The average Bonchev–Trinajstić information content (AvgIpc) is 3.18. The Hall–Kier alpha value is -4.13. The topological polar surface area (TPSA) is 96.2 Å². The minimum atomic E-state index is -1.03. The van der Waals surface area contributed by atoms with Crippen molar-refractivity contribution in [3.63, 3.8) is 0 Å². The highest BCUT2D eigenvalue weighted by molar-refractivity contribution is 6.06. The molecule has 0 bridgehead atoms. The summed E-state index contributed by atoms with van der Waals surface area (Å²) in [6.07, 6.45) is 0. The van der Waals surface area contributed by atoms with E-state index in [1.807, 2.05) is 63.2 Å². The summed E-state index contributed by atoms with van der Waals surface area (Å²) < 4.78 is 1.55. The van der Waals surface area contributed by atoms with Crippen molar-refractivity contribution < 1.29 is 14.7 Å². The van der Waals surface area contributed by atoms with Gasteiger partial charge in [-0.2, -0.15) is 5.10 Å². The highest BCUT2D eigenvalue weighted by Crippen LogP contribution is 2.27. The number of anilines is 2. The quantitative estimate of drug-likeness (QED) is 0.390. The van der Waals surface area contributed by atoms with E-state index in [9.17, 15) is 14.7 Å². The summed E-state index contributed by atoms with van der Waals surface area (Å²) in [7, 11) is 0. The van der Waals surface area contributed by atoms with Gasteiger partial charge in [-0.25, -0.2) is 14.3 Å². The summed E-state index contributed by atoms with van der Waals surface area (Å²) in [6.45, 7) is 6.06. The number of nitrogens with one attached hydrogen (secondary N) is 2. The SMILES string of the molecule is CC(C)(C)c1cc(NC(=O)Nc2cccc3ccccc23)n(-c2cccc(C(=O)O)c2)n1. The fourth-order valence-corrected chi connectivity index (χ4v) is 3.41. The molecular formula is C25H24N4O3. The summed E-state index contributed by atoms with van der Waals surface area (Å²) in [5.74, 6) is -0.589. The van der Waals surface area contributed by atoms with Crippen LogP contribution in [0.1, 0.15) is 36.8 Å². The number of hydrogen-bond acceptors (Lipinski definition) is 3. The molecule has 4 rings (SSSR count). The van der Waals surface area contributed by atoms with Gasteiger partial charge in [0.2, 0.25) is 0 Å². The van der Waals surface area contributed by atoms with Gasteiger partial charge in [0.25, 0.3) is 0 Å². The second-order valence-corrected chi connectivity index (χ2v) is 8.54. The van der Waals surface area contributed by atoms with Crippen LogP contribution in [0.4, 0.5) is 16.3 Å². The molecule has 2 amide bonds. The zero-order chi connectivity index (χ0) is 22.9. The third-order valence-electron chi connectivity index (χ3n) is 5.09. The standard InChI is InChI=1S/C25H24N4O3/c1-25(2,3)21-15-22(29(28-21)18-11-6-10-17(14-18)23(30)31)27-24(32)26-20-13-7-9-16-8-4-5-12-19(16)20/h4-15H,1-3H3,(H,30,31)(H2,26,27,32). The second-order valence-electron chi connectivity index (χ2n) is 8.54. The zero-order valence-electron chi connectivity index (χ0n) is 18.1. The fraction of sp³-hybridized carbons (Fsp3) is 0.160. The number of carbonyl (C=O) groups is 2. The minimum Gasteiger partial charge on any atom is -0.478 e. The number of carbonyl (C=O) groups excluding carboxylic acids is 1. The number of aromatic carboxylic acids is 1. The number of urea groups is 1. The van der Waals surface area contributed by atoms with Gasteiger partial charge in [0.15, 0.2) is 0 Å². The van der Waals surface area contributed by atoms with E-state index in [0.29, 0.717) is 17.2 Å². The van der Waals surface area contributed by atoms with Gasteiger partial charge < -0.3 is 10.4 Å². The van der Waals surface area contributed by atoms with Gasteiger partial charge in [-0.3, -0.25) is 5.32 Å². The number of rotatable bonds is 4. The predicted octanol–water partition coefficient (Wildman–Crippen LogP) is 5.67. The van der Waals surface area contributed by atoms with Crippen LogP contribution in [-0.2, 0) is 5.41 Å². The molecule has 0 aliphatic heterocycles. The maximum Gasteiger partial charge on any atom is 0.335 e. The summed E-state index contributed by atoms with van der Waals surface area (Å²) in [4.78, 5) is 24.3. The molecule has 0 saturated carbocycles. The number of nitrogens with zero attached hydrogens (tertiary/aromatic N) is 2. The van der Waals surface area contributed by atoms with Gasteiger partial charge >= 0.3 is 12.0 Å². The highest BCUT2D eigenvalue weighted by Gasteiger charge is 2.22. The maximum absolute atomic E-state index is 12.9. The van der Waals surface area contributed by atoms with Crippen LogP contribution in [0.3, 0.4) is 0 Å². The number of benzene rings is 3. The predicted molar refractivity (Wildman–Crippen MR) is 126 cm³/mol. The molecule has 1 aromatic heterocycles. The van der Waals surface area contributed by atoms with E-state index >= 15 is 0 Å². The molecule has 1 heterocycles. The number of hydrogen-bond donors (Lipinski definition) is 3. The van der Waals surface area contributed by atoms with Crippen LogP contribution < -0.4 is 10.6 Å². The van der Waals surface area contributed by atoms with Crippen molar-refractivity contribution in [2.24, 2.45) is 0 Å². The van der Waals surface area contributed by atoms with Crippen molar-refractivity contribution in [3.05, 3.63) is 84.1 Å². The van der Waals surface area contributed by atoms with E-state index < -0.39 is 12.0 Å². The molecule has 0 unspecified atom stereocenters. The van der Waals surface area contributed by atoms with Gasteiger partial charge in [0, 0.05) is 16.9 Å². The molecule has 4 aromatic rings. The summed E-state index contributed by atoms with van der Waals surface area (Å²) in [5, 5.41) is 21.7. The van der Waals surface area contributed by atoms with Crippen LogP contribution in [0.15, 0.2) is 72.8 Å². The first-order valence-corrected chi connectivity index (χ1v) is 10.2. The van der Waals surface area contributed by atoms with Gasteiger partial charge in [0.05, 0.1) is 22.6 Å². The molecule has 0 aliphatic rings. The van der Waals surface area contributed by atoms with Crippen molar-refractivity contribution in [2.45, 2.75) is 26.2 Å². The van der Waals surface area contributed by atoms with E-state index in [1.54, 1.807) is 22.9 Å². The Morgan fingerprint density at radius 3 is 2.38 bits per heavy atom. The minimum absolute atomic E-state index is 0.140. The lowest BCUT2D eigenvalue weighted by Gasteiger charge is -2.14. The molecule has 0 saturated heterocycles. The fourth-order valence-electron chi connectivity index (χ4n) is 3.41. The normalized spacial score (nSPS) is 11.3. The summed E-state index contributed by atoms with van der Waals surface area (Å²) in [5.41, 5.74) is 1.87. The third kappa shape index (κ3) is 4.32. The van der Waals surface area contributed by atoms with Crippen LogP contribution in [0.2, 0.25) is 0 Å². The van der Waals surface area contributed by atoms with E-state index in [4.69, 9.17) is 0 Å². The van der Waals surface area contributed by atoms with E-state index in [1.165, 1.54) is 12.1 Å². The van der Waals surface area contributed by atoms with Crippen LogP contribution in [0.5, 0.6) is 0 Å². The van der Waals surface area contributed by atoms with E-state index in [0.717, 1.165) is 16.5 Å².